The third-order valence-corrected chi connectivity index (χ3v) is 3.82. The first-order valence-electron chi connectivity index (χ1n) is 7.28. The van der Waals surface area contributed by atoms with Gasteiger partial charge in [-0.15, -0.1) is 0 Å². The van der Waals surface area contributed by atoms with Crippen molar-refractivity contribution in [1.29, 1.82) is 0 Å². The van der Waals surface area contributed by atoms with Crippen LogP contribution >= 0.6 is 23.2 Å². The molecule has 5 N–H and O–H groups in total. The monoisotopic (exact) mass is 376 g/mol. The second kappa shape index (κ2) is 7.42. The Bertz CT molecular complexity index is 894. The van der Waals surface area contributed by atoms with Gasteiger partial charge in [-0.25, -0.2) is 4.98 Å². The Morgan fingerprint density at radius 2 is 2.08 bits per heavy atom. The Morgan fingerprint density at radius 1 is 1.24 bits per heavy atom. The van der Waals surface area contributed by atoms with Crippen molar-refractivity contribution < 1.29 is 4.79 Å². The van der Waals surface area contributed by atoms with Gasteiger partial charge in [-0.05, 0) is 29.8 Å². The number of amides is 1. The fraction of sp³-hybridized carbons (Fsp3) is 0.0625. The van der Waals surface area contributed by atoms with Crippen molar-refractivity contribution in [2.45, 2.75) is 6.54 Å². The van der Waals surface area contributed by atoms with Crippen LogP contribution in [0.2, 0.25) is 10.2 Å². The molecule has 0 saturated heterocycles. The molecule has 0 spiro atoms. The zero-order valence-electron chi connectivity index (χ0n) is 12.9. The van der Waals surface area contributed by atoms with Crippen molar-refractivity contribution in [2.75, 3.05) is 10.6 Å². The topological polar surface area (TPSA) is 109 Å². The summed E-state index contributed by atoms with van der Waals surface area (Å²) in [6.07, 6.45) is 1.64. The molecule has 0 aliphatic heterocycles. The number of H-pyrrole nitrogens is 1. The lowest BCUT2D eigenvalue weighted by atomic mass is 10.2. The summed E-state index contributed by atoms with van der Waals surface area (Å²) in [4.78, 5) is 15.8. The molecule has 2 heterocycles. The van der Waals surface area contributed by atoms with Crippen LogP contribution in [0.1, 0.15) is 15.9 Å². The summed E-state index contributed by atoms with van der Waals surface area (Å²) in [5, 5.41) is 14.0. The first kappa shape index (κ1) is 17.1. The lowest BCUT2D eigenvalue weighted by Crippen LogP contribution is -2.15. The number of primary amides is 1. The van der Waals surface area contributed by atoms with Crippen LogP contribution in [0.4, 0.5) is 17.3 Å². The molecule has 0 bridgehead atoms. The Labute approximate surface area is 153 Å². The van der Waals surface area contributed by atoms with Crippen LogP contribution in [-0.2, 0) is 6.54 Å². The van der Waals surface area contributed by atoms with E-state index in [0.29, 0.717) is 34.0 Å². The van der Waals surface area contributed by atoms with E-state index in [-0.39, 0.29) is 5.56 Å². The third-order valence-electron chi connectivity index (χ3n) is 3.36. The van der Waals surface area contributed by atoms with E-state index in [9.17, 15) is 4.79 Å². The standard InChI is InChI=1S/C16H14Cl2N6O/c17-10-2-1-3-11(6-10)22-16-13(14(19)25)15(23-24-16)21-8-9-4-5-12(18)20-7-9/h1-7H,8H2,(H2,19,25)(H3,21,22,23,24). The number of nitrogens with two attached hydrogens (primary N) is 1. The molecule has 0 unspecified atom stereocenters. The van der Waals surface area contributed by atoms with Gasteiger partial charge in [0.1, 0.15) is 16.5 Å². The average molecular weight is 377 g/mol. The van der Waals surface area contributed by atoms with Crippen molar-refractivity contribution in [1.82, 2.24) is 15.2 Å². The number of nitrogens with zero attached hydrogens (tertiary/aromatic N) is 2. The van der Waals surface area contributed by atoms with Crippen LogP contribution in [0.5, 0.6) is 0 Å². The van der Waals surface area contributed by atoms with E-state index in [0.717, 1.165) is 5.56 Å². The number of pyridine rings is 1. The van der Waals surface area contributed by atoms with E-state index < -0.39 is 5.91 Å². The maximum absolute atomic E-state index is 11.8. The van der Waals surface area contributed by atoms with Crippen LogP contribution in [0.25, 0.3) is 0 Å². The minimum atomic E-state index is -0.616. The second-order valence-corrected chi connectivity index (χ2v) is 5.99. The Balaban J connectivity index is 1.79. The van der Waals surface area contributed by atoms with Gasteiger partial charge < -0.3 is 16.4 Å². The number of aromatic amines is 1. The molecule has 3 rings (SSSR count). The van der Waals surface area contributed by atoms with Gasteiger partial charge in [0.25, 0.3) is 5.91 Å². The van der Waals surface area contributed by atoms with Crippen LogP contribution < -0.4 is 16.4 Å². The summed E-state index contributed by atoms with van der Waals surface area (Å²) >= 11 is 11.7. The number of nitrogens with one attached hydrogen (secondary N) is 3. The predicted octanol–water partition coefficient (Wildman–Crippen LogP) is 3.57. The van der Waals surface area contributed by atoms with Crippen LogP contribution in [-0.4, -0.2) is 21.1 Å². The largest absolute Gasteiger partial charge is 0.366 e. The van der Waals surface area contributed by atoms with Gasteiger partial charge in [0, 0.05) is 23.5 Å². The number of carbonyl (C=O) groups excluding carboxylic acids is 1. The molecule has 1 aromatic carbocycles. The van der Waals surface area contributed by atoms with Gasteiger partial charge in [0.2, 0.25) is 0 Å². The van der Waals surface area contributed by atoms with Crippen molar-refractivity contribution in [3.8, 4) is 0 Å². The first-order chi connectivity index (χ1) is 12.0. The second-order valence-electron chi connectivity index (χ2n) is 5.16. The van der Waals surface area contributed by atoms with E-state index in [1.54, 1.807) is 36.5 Å². The van der Waals surface area contributed by atoms with Crippen LogP contribution in [0.3, 0.4) is 0 Å². The molecule has 0 aliphatic carbocycles. The van der Waals surface area contributed by atoms with Crippen molar-refractivity contribution in [2.24, 2.45) is 5.73 Å². The van der Waals surface area contributed by atoms with E-state index >= 15 is 0 Å². The molecule has 0 saturated carbocycles. The highest BCUT2D eigenvalue weighted by Crippen LogP contribution is 2.26. The smallest absolute Gasteiger partial charge is 0.256 e. The van der Waals surface area contributed by atoms with E-state index in [4.69, 9.17) is 28.9 Å². The van der Waals surface area contributed by atoms with Gasteiger partial charge >= 0.3 is 0 Å². The number of anilines is 3. The first-order valence-corrected chi connectivity index (χ1v) is 8.03. The summed E-state index contributed by atoms with van der Waals surface area (Å²) in [6, 6.07) is 10.6. The van der Waals surface area contributed by atoms with Crippen LogP contribution in [0, 0.1) is 0 Å². The number of aromatic nitrogens is 3. The molecule has 2 aromatic heterocycles. The van der Waals surface area contributed by atoms with Crippen molar-refractivity contribution in [3.05, 3.63) is 63.9 Å². The fourth-order valence-corrected chi connectivity index (χ4v) is 2.51. The molecule has 0 atom stereocenters. The highest BCUT2D eigenvalue weighted by atomic mass is 35.5. The minimum absolute atomic E-state index is 0.224. The van der Waals surface area contributed by atoms with E-state index in [2.05, 4.69) is 25.8 Å². The predicted molar refractivity (Wildman–Crippen MR) is 98.4 cm³/mol. The molecule has 1 amide bonds. The maximum atomic E-state index is 11.8. The van der Waals surface area contributed by atoms with Gasteiger partial charge in [0.05, 0.1) is 0 Å². The molecule has 25 heavy (non-hydrogen) atoms. The third kappa shape index (κ3) is 4.20. The molecule has 3 aromatic rings. The van der Waals surface area contributed by atoms with Gasteiger partial charge in [-0.2, -0.15) is 5.10 Å². The molecule has 0 radical (unpaired) electrons. The van der Waals surface area contributed by atoms with Crippen molar-refractivity contribution in [3.63, 3.8) is 0 Å². The quantitative estimate of drug-likeness (QED) is 0.491. The number of hydrogen-bond acceptors (Lipinski definition) is 5. The molecule has 9 heteroatoms. The number of hydrogen-bond donors (Lipinski definition) is 4. The van der Waals surface area contributed by atoms with Crippen LogP contribution in [0.15, 0.2) is 42.6 Å². The summed E-state index contributed by atoms with van der Waals surface area (Å²) in [5.74, 6) is 0.105. The fourth-order valence-electron chi connectivity index (χ4n) is 2.20. The molecule has 0 fully saturated rings. The summed E-state index contributed by atoms with van der Waals surface area (Å²) in [6.45, 7) is 0.420. The molecule has 0 aliphatic rings. The number of rotatable bonds is 6. The van der Waals surface area contributed by atoms with Crippen molar-refractivity contribution >= 4 is 46.4 Å². The van der Waals surface area contributed by atoms with Gasteiger partial charge in [-0.1, -0.05) is 35.3 Å². The Morgan fingerprint density at radius 3 is 2.76 bits per heavy atom. The zero-order chi connectivity index (χ0) is 17.8. The molecule has 128 valence electrons. The minimum Gasteiger partial charge on any atom is -0.366 e. The molecule has 7 nitrogen and oxygen atoms in total. The maximum Gasteiger partial charge on any atom is 0.256 e. The lowest BCUT2D eigenvalue weighted by molar-refractivity contribution is 0.100. The van der Waals surface area contributed by atoms with E-state index in [1.165, 1.54) is 0 Å². The number of carbonyl (C=O) groups is 1. The summed E-state index contributed by atoms with van der Waals surface area (Å²) in [7, 11) is 0. The molecular weight excluding hydrogens is 363 g/mol. The van der Waals surface area contributed by atoms with E-state index in [1.807, 2.05) is 6.07 Å². The SMILES string of the molecule is NC(=O)c1c(Nc2cccc(Cl)c2)n[nH]c1NCc1ccc(Cl)nc1. The highest BCUT2D eigenvalue weighted by molar-refractivity contribution is 6.30. The highest BCUT2D eigenvalue weighted by Gasteiger charge is 2.18. The average Bonchev–Trinajstić information content (AvgIpc) is 2.97. The van der Waals surface area contributed by atoms with Gasteiger partial charge in [-0.3, -0.25) is 9.89 Å². The molecular formula is C16H14Cl2N6O. The normalized spacial score (nSPS) is 10.5. The van der Waals surface area contributed by atoms with Gasteiger partial charge in [0.15, 0.2) is 5.82 Å². The summed E-state index contributed by atoms with van der Waals surface area (Å²) in [5.41, 5.74) is 7.30. The number of halogens is 2. The summed E-state index contributed by atoms with van der Waals surface area (Å²) < 4.78 is 0. The number of benzene rings is 1. The Kier molecular flexibility index (Phi) is 5.06. The lowest BCUT2D eigenvalue weighted by Gasteiger charge is -2.07. The Hall–Kier alpha value is -2.77. The zero-order valence-corrected chi connectivity index (χ0v) is 14.4.